The van der Waals surface area contributed by atoms with Crippen LogP contribution in [0.15, 0.2) is 98.2 Å². The number of hydrogen-bond acceptors (Lipinski definition) is 6. The van der Waals surface area contributed by atoms with Crippen molar-refractivity contribution >= 4 is 32.6 Å². The van der Waals surface area contributed by atoms with Gasteiger partial charge in [0, 0.05) is 31.4 Å². The van der Waals surface area contributed by atoms with E-state index in [0.717, 1.165) is 31.0 Å². The molecule has 0 aliphatic heterocycles. The van der Waals surface area contributed by atoms with Gasteiger partial charge >= 0.3 is 0 Å². The summed E-state index contributed by atoms with van der Waals surface area (Å²) in [5.74, 6) is 0.475. The van der Waals surface area contributed by atoms with Gasteiger partial charge in [-0.3, -0.25) is 0 Å². The van der Waals surface area contributed by atoms with E-state index in [1.165, 1.54) is 11.1 Å². The van der Waals surface area contributed by atoms with Gasteiger partial charge in [0.15, 0.2) is 16.6 Å². The summed E-state index contributed by atoms with van der Waals surface area (Å²) in [4.78, 5) is 0. The smallest absolute Gasteiger partial charge is 0.192 e. The summed E-state index contributed by atoms with van der Waals surface area (Å²) in [7, 11) is -0.339. The second-order valence-corrected chi connectivity index (χ2v) is 27.9. The molecule has 0 saturated carbocycles. The Kier molecular flexibility index (Phi) is 34.0. The number of methoxy groups -OCH3 is 2. The van der Waals surface area contributed by atoms with Gasteiger partial charge in [-0.2, -0.15) is 0 Å². The van der Waals surface area contributed by atoms with E-state index in [-0.39, 0.29) is 52.9 Å². The van der Waals surface area contributed by atoms with Crippen molar-refractivity contribution in [3.8, 4) is 0 Å². The number of hydrogen-bond donors (Lipinski definition) is 1. The minimum Gasteiger partial charge on any atom is -0.410 e. The fraction of sp³-hybridized carbons (Fsp3) is 0.667. The topological polar surface area (TPSA) is 66.4 Å². The first-order valence-electron chi connectivity index (χ1n) is 20.7. The van der Waals surface area contributed by atoms with E-state index in [9.17, 15) is 0 Å². The molecule has 0 aliphatic rings. The largest absolute Gasteiger partial charge is 0.410 e. The van der Waals surface area contributed by atoms with Crippen LogP contribution < -0.4 is 0 Å². The molecule has 0 rings (SSSR count). The van der Waals surface area contributed by atoms with Crippen LogP contribution in [0.5, 0.6) is 0 Å². The highest BCUT2D eigenvalue weighted by molar-refractivity contribution is 9.09. The van der Waals surface area contributed by atoms with E-state index in [1.807, 2.05) is 30.4 Å². The molecule has 0 unspecified atom stereocenters. The second-order valence-electron chi connectivity index (χ2n) is 17.8. The van der Waals surface area contributed by atoms with Gasteiger partial charge in [0.2, 0.25) is 0 Å². The number of rotatable bonds is 26. The van der Waals surface area contributed by atoms with Crippen molar-refractivity contribution in [3.63, 3.8) is 0 Å². The first-order chi connectivity index (χ1) is 26.4. The quantitative estimate of drug-likeness (QED) is 0.0404. The summed E-state index contributed by atoms with van der Waals surface area (Å²) in [6.07, 6.45) is 23.6. The Balaban J connectivity index is -0.000000880. The van der Waals surface area contributed by atoms with Crippen molar-refractivity contribution in [2.45, 2.75) is 156 Å². The molecule has 0 aromatic rings. The lowest BCUT2D eigenvalue weighted by Gasteiger charge is -2.42. The van der Waals surface area contributed by atoms with Gasteiger partial charge in [0.05, 0.1) is 32.0 Å². The molecule has 6 nitrogen and oxygen atoms in total. The molecule has 0 amide bonds. The molecule has 0 aliphatic carbocycles. The van der Waals surface area contributed by atoms with Crippen molar-refractivity contribution in [1.82, 2.24) is 0 Å². The monoisotopic (exact) mass is 897 g/mol. The highest BCUT2D eigenvalue weighted by atomic mass is 79.9. The molecule has 0 spiro atoms. The average Bonchev–Trinajstić information content (AvgIpc) is 3.12. The third-order valence-electron chi connectivity index (χ3n) is 10.5. The highest BCUT2D eigenvalue weighted by Crippen LogP contribution is 2.40. The molecule has 0 saturated heterocycles. The lowest BCUT2D eigenvalue weighted by Crippen LogP contribution is -2.49. The average molecular weight is 898 g/mol. The lowest BCUT2D eigenvalue weighted by atomic mass is 9.97. The van der Waals surface area contributed by atoms with Gasteiger partial charge in [-0.1, -0.05) is 143 Å². The predicted octanol–water partition coefficient (Wildman–Crippen LogP) is 13.8. The first-order valence-corrected chi connectivity index (χ1v) is 27.6. The van der Waals surface area contributed by atoms with Crippen molar-refractivity contribution in [2.24, 2.45) is 11.8 Å². The van der Waals surface area contributed by atoms with Crippen LogP contribution in [0.25, 0.3) is 0 Å². The molecule has 57 heavy (non-hydrogen) atoms. The molecular weight excluding hydrogens is 809 g/mol. The normalized spacial score (nSPS) is 16.4. The summed E-state index contributed by atoms with van der Waals surface area (Å²) in [6.45, 7) is 47.8. The van der Waals surface area contributed by atoms with Crippen LogP contribution >= 0.6 is 15.9 Å². The van der Waals surface area contributed by atoms with E-state index in [4.69, 9.17) is 28.2 Å². The van der Waals surface area contributed by atoms with Crippen LogP contribution in [0.3, 0.4) is 0 Å². The number of allylic oxidation sites excluding steroid dienone is 5. The summed E-state index contributed by atoms with van der Waals surface area (Å²) in [5, 5.41) is 9.46. The molecule has 9 heteroatoms. The maximum atomic E-state index is 8.25. The Morgan fingerprint density at radius 3 is 1.35 bits per heavy atom. The Hall–Kier alpha value is -1.41. The summed E-state index contributed by atoms with van der Waals surface area (Å²) in [5.41, 5.74) is 2.51. The zero-order chi connectivity index (χ0) is 44.9. The molecule has 0 bridgehead atoms. The number of unbranched alkanes of at least 4 members (excludes halogenated alkanes) is 2. The van der Waals surface area contributed by atoms with Crippen molar-refractivity contribution in [2.75, 3.05) is 39.4 Å². The Morgan fingerprint density at radius 2 is 1.04 bits per heavy atom. The minimum absolute atomic E-state index is 0.00221. The number of ether oxygens (including phenoxy) is 3. The Labute approximate surface area is 364 Å². The SMILES string of the molecule is C=CCC/C=C/CO.C=CCC/C=C/COC/C(C)=C\[C@@H](C)[C@H](O[Si](C)(C)C(C)(C)C)[C@H](C=C)OC.C=C[C@H](OC)[C@@H](O[Si](C)(C)C(C)(C)C)[C@H](C)/C=C(/C)CBr. The molecule has 0 heterocycles. The molecule has 332 valence electrons. The third-order valence-corrected chi connectivity index (χ3v) is 20.4. The number of aliphatic hydroxyl groups excluding tert-OH is 1. The fourth-order valence-corrected chi connectivity index (χ4v) is 7.94. The molecule has 0 aromatic heterocycles. The standard InChI is InChI=1S/C24H44O3Si.C17H33BrO2Si.C7H12O/c1-11-13-14-15-16-17-26-19-20(3)18-21(4)23(22(12-2)25-8)27-28(9,10)24(5,6)7;1-10-15(19-7)16(14(3)11-13(2)12-18)20-21(8,9)17(4,5)6;1-2-3-4-5-6-7-8/h11-12,15-16,18,21-23H,1-2,13-14,17,19H2,3-10H3;10-11,14-16H,1,12H2,2-9H3;2,5-6,8H,1,3-4,7H2/b16-15+,20-18-;13-11-;6-5+/t21-,22+,23+;14-,15+,16+;/m11./s1. The number of halogens is 1. The zero-order valence-electron chi connectivity index (χ0n) is 39.6. The zero-order valence-corrected chi connectivity index (χ0v) is 43.2. The van der Waals surface area contributed by atoms with E-state index in [1.54, 1.807) is 20.3 Å². The van der Waals surface area contributed by atoms with Crippen molar-refractivity contribution < 1.29 is 28.2 Å². The van der Waals surface area contributed by atoms with Crippen LogP contribution in [-0.4, -0.2) is 85.5 Å². The predicted molar refractivity (Wildman–Crippen MR) is 261 cm³/mol. The molecule has 1 N–H and O–H groups in total. The molecule has 0 fully saturated rings. The fourth-order valence-electron chi connectivity index (χ4n) is 4.98. The van der Waals surface area contributed by atoms with Crippen LogP contribution in [-0.2, 0) is 23.1 Å². The van der Waals surface area contributed by atoms with Gasteiger partial charge < -0.3 is 28.2 Å². The summed E-state index contributed by atoms with van der Waals surface area (Å²) < 4.78 is 30.4. The van der Waals surface area contributed by atoms with E-state index >= 15 is 0 Å². The summed E-state index contributed by atoms with van der Waals surface area (Å²) >= 11 is 3.50. The lowest BCUT2D eigenvalue weighted by molar-refractivity contribution is 0.00584. The van der Waals surface area contributed by atoms with E-state index in [0.29, 0.717) is 13.2 Å². The Morgan fingerprint density at radius 1 is 0.649 bits per heavy atom. The van der Waals surface area contributed by atoms with Crippen LogP contribution in [0.4, 0.5) is 0 Å². The van der Waals surface area contributed by atoms with Crippen LogP contribution in [0.1, 0.15) is 94.9 Å². The molecule has 0 radical (unpaired) electrons. The Bertz CT molecular complexity index is 1210. The second kappa shape index (κ2) is 32.4. The van der Waals surface area contributed by atoms with Crippen molar-refractivity contribution in [3.05, 3.63) is 98.2 Å². The van der Waals surface area contributed by atoms with E-state index in [2.05, 4.69) is 162 Å². The van der Waals surface area contributed by atoms with E-state index < -0.39 is 16.6 Å². The first kappa shape index (κ1) is 59.9. The van der Waals surface area contributed by atoms with Crippen LogP contribution in [0.2, 0.25) is 36.3 Å². The van der Waals surface area contributed by atoms with Gasteiger partial charge in [-0.05, 0) is 75.8 Å². The number of alkyl halides is 1. The van der Waals surface area contributed by atoms with Crippen LogP contribution in [0, 0.1) is 11.8 Å². The summed E-state index contributed by atoms with van der Waals surface area (Å²) in [6, 6.07) is 0. The third kappa shape index (κ3) is 27.1. The van der Waals surface area contributed by atoms with Gasteiger partial charge in [0.25, 0.3) is 0 Å². The van der Waals surface area contributed by atoms with Gasteiger partial charge in [-0.25, -0.2) is 0 Å². The maximum Gasteiger partial charge on any atom is 0.192 e. The number of aliphatic hydroxyl groups is 1. The molecule has 6 atom stereocenters. The minimum atomic E-state index is -1.93. The van der Waals surface area contributed by atoms with Gasteiger partial charge in [-0.15, -0.1) is 26.3 Å². The highest BCUT2D eigenvalue weighted by Gasteiger charge is 2.42. The van der Waals surface area contributed by atoms with Gasteiger partial charge in [0.1, 0.15) is 12.2 Å². The molecule has 0 aromatic carbocycles. The van der Waals surface area contributed by atoms with Crippen molar-refractivity contribution in [1.29, 1.82) is 0 Å². The maximum absolute atomic E-state index is 8.25. The molecular formula is C48H89BrO6Si2.